The minimum Gasteiger partial charge on any atom is -0.381 e. The Morgan fingerprint density at radius 2 is 2.31 bits per heavy atom. The van der Waals surface area contributed by atoms with Crippen LogP contribution < -0.4 is 0 Å². The molecule has 0 radical (unpaired) electrons. The maximum Gasteiger partial charge on any atom is 0.168 e. The normalized spacial score (nSPS) is 31.8. The van der Waals surface area contributed by atoms with Crippen molar-refractivity contribution in [3.63, 3.8) is 0 Å². The average Bonchev–Trinajstić information content (AvgIpc) is 2.82. The third-order valence-corrected chi connectivity index (χ3v) is 3.34. The van der Waals surface area contributed by atoms with Gasteiger partial charge in [0.15, 0.2) is 5.78 Å². The fourth-order valence-corrected chi connectivity index (χ4v) is 2.42. The number of rotatable bonds is 4. The van der Waals surface area contributed by atoms with Gasteiger partial charge in [-0.2, -0.15) is 0 Å². The first kappa shape index (κ1) is 12.0. The van der Waals surface area contributed by atoms with Crippen molar-refractivity contribution in [1.29, 1.82) is 0 Å². The molecule has 0 aromatic rings. The molecule has 4 nitrogen and oxygen atoms in total. The van der Waals surface area contributed by atoms with Gasteiger partial charge in [0.2, 0.25) is 0 Å². The molecule has 2 aliphatic rings. The number of ketones is 1. The number of ether oxygens (including phenoxy) is 2. The van der Waals surface area contributed by atoms with Gasteiger partial charge in [0.05, 0.1) is 13.2 Å². The first-order valence-corrected chi connectivity index (χ1v) is 6.26. The molecule has 0 amide bonds. The lowest BCUT2D eigenvalue weighted by Gasteiger charge is -2.32. The van der Waals surface area contributed by atoms with Crippen molar-refractivity contribution < 1.29 is 14.3 Å². The van der Waals surface area contributed by atoms with Crippen molar-refractivity contribution in [2.45, 2.75) is 25.9 Å². The van der Waals surface area contributed by atoms with Crippen molar-refractivity contribution in [2.24, 2.45) is 5.92 Å². The molecule has 0 aliphatic carbocycles. The predicted octanol–water partition coefficient (Wildman–Crippen LogP) is 0.703. The molecule has 0 aromatic heterocycles. The van der Waals surface area contributed by atoms with Crippen LogP contribution in [0.4, 0.5) is 0 Å². The molecule has 0 N–H and O–H groups in total. The molecule has 2 fully saturated rings. The number of morpholine rings is 1. The van der Waals surface area contributed by atoms with E-state index in [-0.39, 0.29) is 17.8 Å². The summed E-state index contributed by atoms with van der Waals surface area (Å²) in [5.41, 5.74) is 0. The van der Waals surface area contributed by atoms with Crippen LogP contribution in [0, 0.1) is 5.92 Å². The second kappa shape index (κ2) is 5.75. The van der Waals surface area contributed by atoms with Gasteiger partial charge in [-0.3, -0.25) is 9.69 Å². The Hall–Kier alpha value is -0.450. The highest BCUT2D eigenvalue weighted by Gasteiger charge is 2.33. The van der Waals surface area contributed by atoms with E-state index in [2.05, 4.69) is 11.8 Å². The monoisotopic (exact) mass is 227 g/mol. The average molecular weight is 227 g/mol. The summed E-state index contributed by atoms with van der Waals surface area (Å²) in [5, 5.41) is 0. The van der Waals surface area contributed by atoms with Crippen LogP contribution >= 0.6 is 0 Å². The van der Waals surface area contributed by atoms with Crippen LogP contribution in [0.2, 0.25) is 0 Å². The summed E-state index contributed by atoms with van der Waals surface area (Å²) < 4.78 is 10.8. The third-order valence-electron chi connectivity index (χ3n) is 3.34. The molecule has 2 atom stereocenters. The molecule has 92 valence electrons. The maximum absolute atomic E-state index is 12.1. The molecule has 16 heavy (non-hydrogen) atoms. The highest BCUT2D eigenvalue weighted by molar-refractivity contribution is 5.86. The summed E-state index contributed by atoms with van der Waals surface area (Å²) in [5.74, 6) is 0.324. The van der Waals surface area contributed by atoms with Crippen molar-refractivity contribution in [2.75, 3.05) is 39.5 Å². The molecule has 2 saturated heterocycles. The fourth-order valence-electron chi connectivity index (χ4n) is 2.42. The van der Waals surface area contributed by atoms with Crippen LogP contribution in [0.15, 0.2) is 0 Å². The van der Waals surface area contributed by atoms with Crippen LogP contribution in [0.1, 0.15) is 19.8 Å². The fraction of sp³-hybridized carbons (Fsp3) is 0.917. The van der Waals surface area contributed by atoms with Gasteiger partial charge in [-0.25, -0.2) is 0 Å². The molecular formula is C12H21NO3. The topological polar surface area (TPSA) is 38.8 Å². The second-order valence-electron chi connectivity index (χ2n) is 4.62. The van der Waals surface area contributed by atoms with E-state index in [9.17, 15) is 4.79 Å². The van der Waals surface area contributed by atoms with E-state index in [1.165, 1.54) is 0 Å². The van der Waals surface area contributed by atoms with Crippen molar-refractivity contribution in [3.05, 3.63) is 0 Å². The summed E-state index contributed by atoms with van der Waals surface area (Å²) >= 11 is 0. The smallest absolute Gasteiger partial charge is 0.168 e. The van der Waals surface area contributed by atoms with E-state index in [0.29, 0.717) is 13.2 Å². The van der Waals surface area contributed by atoms with Crippen molar-refractivity contribution in [3.8, 4) is 0 Å². The zero-order valence-corrected chi connectivity index (χ0v) is 9.98. The molecule has 0 saturated carbocycles. The van der Waals surface area contributed by atoms with Gasteiger partial charge in [0.1, 0.15) is 6.10 Å². The lowest BCUT2D eigenvalue weighted by Crippen LogP contribution is -2.48. The lowest BCUT2D eigenvalue weighted by atomic mass is 9.98. The summed E-state index contributed by atoms with van der Waals surface area (Å²) in [6, 6.07) is 0. The van der Waals surface area contributed by atoms with E-state index in [4.69, 9.17) is 9.47 Å². The van der Waals surface area contributed by atoms with Crippen LogP contribution in [-0.2, 0) is 14.3 Å². The van der Waals surface area contributed by atoms with Crippen molar-refractivity contribution in [1.82, 2.24) is 4.90 Å². The molecular weight excluding hydrogens is 206 g/mol. The minimum absolute atomic E-state index is 0.0755. The van der Waals surface area contributed by atoms with E-state index in [1.807, 2.05) is 0 Å². The standard InChI is InChI=1S/C12H21NO3/c1-2-4-13-5-7-16-11(8-13)12(14)10-3-6-15-9-10/h10-11H,2-9H2,1H3. The summed E-state index contributed by atoms with van der Waals surface area (Å²) in [7, 11) is 0. The Morgan fingerprint density at radius 3 is 3.00 bits per heavy atom. The SMILES string of the molecule is CCCN1CCOC(C(=O)C2CCOC2)C1. The van der Waals surface area contributed by atoms with Crippen LogP contribution in [0.25, 0.3) is 0 Å². The Labute approximate surface area is 96.9 Å². The largest absolute Gasteiger partial charge is 0.381 e. The van der Waals surface area contributed by atoms with E-state index in [1.54, 1.807) is 0 Å². The number of hydrogen-bond donors (Lipinski definition) is 0. The Balaban J connectivity index is 1.85. The van der Waals surface area contributed by atoms with Gasteiger partial charge >= 0.3 is 0 Å². The number of Topliss-reactive ketones (excluding diaryl/α,β-unsaturated/α-hetero) is 1. The van der Waals surface area contributed by atoms with E-state index >= 15 is 0 Å². The number of hydrogen-bond acceptors (Lipinski definition) is 4. The second-order valence-corrected chi connectivity index (χ2v) is 4.62. The molecule has 0 bridgehead atoms. The van der Waals surface area contributed by atoms with Crippen LogP contribution in [0.5, 0.6) is 0 Å². The van der Waals surface area contributed by atoms with Gasteiger partial charge in [-0.05, 0) is 19.4 Å². The molecule has 2 heterocycles. The van der Waals surface area contributed by atoms with Gasteiger partial charge in [0.25, 0.3) is 0 Å². The summed E-state index contributed by atoms with van der Waals surface area (Å²) in [6.07, 6.45) is 1.78. The maximum atomic E-state index is 12.1. The minimum atomic E-state index is -0.216. The molecule has 0 aromatic carbocycles. The van der Waals surface area contributed by atoms with Crippen molar-refractivity contribution >= 4 is 5.78 Å². The third kappa shape index (κ3) is 2.81. The lowest BCUT2D eigenvalue weighted by molar-refractivity contribution is -0.140. The van der Waals surface area contributed by atoms with Gasteiger partial charge < -0.3 is 9.47 Å². The molecule has 0 spiro atoms. The summed E-state index contributed by atoms with van der Waals surface area (Å²) in [6.45, 7) is 6.95. The van der Waals surface area contributed by atoms with E-state index in [0.717, 1.165) is 39.1 Å². The first-order chi connectivity index (χ1) is 7.81. The Bertz CT molecular complexity index is 236. The quantitative estimate of drug-likeness (QED) is 0.709. The number of nitrogens with zero attached hydrogens (tertiary/aromatic N) is 1. The molecule has 2 unspecified atom stereocenters. The van der Waals surface area contributed by atoms with Crippen LogP contribution in [-0.4, -0.2) is 56.2 Å². The van der Waals surface area contributed by atoms with Gasteiger partial charge in [-0.1, -0.05) is 6.92 Å². The van der Waals surface area contributed by atoms with Gasteiger partial charge in [-0.15, -0.1) is 0 Å². The number of carbonyl (C=O) groups excluding carboxylic acids is 1. The van der Waals surface area contributed by atoms with Gasteiger partial charge in [0, 0.05) is 25.6 Å². The molecule has 4 heteroatoms. The highest BCUT2D eigenvalue weighted by Crippen LogP contribution is 2.18. The summed E-state index contributed by atoms with van der Waals surface area (Å²) in [4.78, 5) is 14.4. The highest BCUT2D eigenvalue weighted by atomic mass is 16.5. The predicted molar refractivity (Wildman–Crippen MR) is 60.4 cm³/mol. The zero-order valence-electron chi connectivity index (χ0n) is 9.98. The first-order valence-electron chi connectivity index (χ1n) is 6.26. The number of carbonyl (C=O) groups is 1. The zero-order chi connectivity index (χ0) is 11.4. The Kier molecular flexibility index (Phi) is 4.32. The van der Waals surface area contributed by atoms with Crippen LogP contribution in [0.3, 0.4) is 0 Å². The Morgan fingerprint density at radius 1 is 1.44 bits per heavy atom. The van der Waals surface area contributed by atoms with E-state index < -0.39 is 0 Å². The molecule has 2 aliphatic heterocycles. The molecule has 2 rings (SSSR count).